The van der Waals surface area contributed by atoms with Gasteiger partial charge in [-0.25, -0.2) is 9.37 Å². The van der Waals surface area contributed by atoms with Crippen LogP contribution in [0.1, 0.15) is 30.7 Å². The van der Waals surface area contributed by atoms with Gasteiger partial charge in [-0.05, 0) is 56.2 Å². The summed E-state index contributed by atoms with van der Waals surface area (Å²) in [5, 5.41) is 10.8. The quantitative estimate of drug-likeness (QED) is 0.301. The maximum absolute atomic E-state index is 14.5. The molecule has 0 spiro atoms. The van der Waals surface area contributed by atoms with E-state index in [0.717, 1.165) is 11.6 Å². The Balaban J connectivity index is 1.89. The van der Waals surface area contributed by atoms with Gasteiger partial charge in [-0.15, -0.1) is 0 Å². The fourth-order valence-corrected chi connectivity index (χ4v) is 3.96. The van der Waals surface area contributed by atoms with E-state index in [2.05, 4.69) is 4.98 Å². The van der Waals surface area contributed by atoms with Crippen LogP contribution in [0, 0.1) is 12.7 Å². The van der Waals surface area contributed by atoms with E-state index in [1.165, 1.54) is 48.9 Å². The first-order chi connectivity index (χ1) is 15.9. The Hall–Kier alpha value is -3.16. The molecule has 8 heteroatoms. The van der Waals surface area contributed by atoms with Crippen molar-refractivity contribution < 1.29 is 22.7 Å². The largest absolute Gasteiger partial charge is 0.417 e. The number of benzene rings is 3. The molecule has 0 radical (unpaired) electrons. The van der Waals surface area contributed by atoms with Gasteiger partial charge in [0.2, 0.25) is 0 Å². The first-order valence-electron chi connectivity index (χ1n) is 10.4. The molecule has 4 rings (SSSR count). The lowest BCUT2D eigenvalue weighted by atomic mass is 10.0. The van der Waals surface area contributed by atoms with E-state index in [-0.39, 0.29) is 22.6 Å². The number of aromatic nitrogens is 2. The predicted octanol–water partition coefficient (Wildman–Crippen LogP) is 7.55. The molecular weight excluding hydrogens is 468 g/mol. The summed E-state index contributed by atoms with van der Waals surface area (Å²) in [5.41, 5.74) is -0.159. The molecule has 0 aliphatic carbocycles. The zero-order valence-corrected chi connectivity index (χ0v) is 19.3. The zero-order valence-electron chi connectivity index (χ0n) is 18.6. The molecule has 1 heterocycles. The van der Waals surface area contributed by atoms with Gasteiger partial charge in [0.1, 0.15) is 17.2 Å². The van der Waals surface area contributed by atoms with Crippen molar-refractivity contribution in [1.29, 1.82) is 0 Å². The van der Waals surface area contributed by atoms with Gasteiger partial charge in [0.05, 0.1) is 16.3 Å². The molecule has 0 aliphatic heterocycles. The third kappa shape index (κ3) is 4.45. The molecule has 0 unspecified atom stereocenters. The van der Waals surface area contributed by atoms with Crippen LogP contribution in [-0.4, -0.2) is 14.7 Å². The number of halogens is 5. The zero-order chi connectivity index (χ0) is 24.8. The van der Waals surface area contributed by atoms with E-state index < -0.39 is 23.2 Å². The highest BCUT2D eigenvalue weighted by Crippen LogP contribution is 2.39. The average molecular weight is 489 g/mol. The number of imidazole rings is 1. The first-order valence-corrected chi connectivity index (χ1v) is 10.8. The van der Waals surface area contributed by atoms with Gasteiger partial charge < -0.3 is 5.11 Å². The molecule has 1 N–H and O–H groups in total. The summed E-state index contributed by atoms with van der Waals surface area (Å²) in [5.74, 6) is -0.451. The molecule has 0 saturated carbocycles. The highest BCUT2D eigenvalue weighted by atomic mass is 35.5. The summed E-state index contributed by atoms with van der Waals surface area (Å²) in [4.78, 5) is 4.35. The smallest absolute Gasteiger partial charge is 0.384 e. The molecule has 0 aliphatic rings. The SMILES string of the molecule is Cc1ccc(F)c(-c2ccc(-n3cc(C(C)(C)O)nc3-c3ccccc3C(F)(F)F)cc2)c1Cl. The van der Waals surface area contributed by atoms with Crippen LogP contribution in [0.15, 0.2) is 66.9 Å². The molecule has 34 heavy (non-hydrogen) atoms. The fraction of sp³-hybridized carbons (Fsp3) is 0.192. The normalized spacial score (nSPS) is 12.3. The number of alkyl halides is 3. The molecule has 0 fully saturated rings. The Morgan fingerprint density at radius 2 is 1.59 bits per heavy atom. The summed E-state index contributed by atoms with van der Waals surface area (Å²) < 4.78 is 57.1. The molecular formula is C26H21ClF4N2O. The van der Waals surface area contributed by atoms with Crippen LogP contribution in [0.2, 0.25) is 5.02 Å². The molecule has 0 amide bonds. The van der Waals surface area contributed by atoms with Crippen molar-refractivity contribution in [3.05, 3.63) is 94.5 Å². The summed E-state index contributed by atoms with van der Waals surface area (Å²) in [6.45, 7) is 4.78. The Morgan fingerprint density at radius 1 is 0.941 bits per heavy atom. The highest BCUT2D eigenvalue weighted by molar-refractivity contribution is 6.34. The third-order valence-corrected chi connectivity index (χ3v) is 6.01. The van der Waals surface area contributed by atoms with Crippen LogP contribution in [-0.2, 0) is 11.8 Å². The van der Waals surface area contributed by atoms with Crippen LogP contribution in [0.25, 0.3) is 28.2 Å². The van der Waals surface area contributed by atoms with Crippen LogP contribution >= 0.6 is 11.6 Å². The number of aryl methyl sites for hydroxylation is 1. The van der Waals surface area contributed by atoms with Crippen molar-refractivity contribution in [3.63, 3.8) is 0 Å². The fourth-order valence-electron chi connectivity index (χ4n) is 3.70. The molecule has 0 saturated heterocycles. The van der Waals surface area contributed by atoms with Crippen LogP contribution in [0.5, 0.6) is 0 Å². The second kappa shape index (κ2) is 8.56. The standard InChI is InChI=1S/C26H21ClF4N2O/c1-15-8-13-20(28)22(23(15)27)16-9-11-17(12-10-16)33-14-21(25(2,3)34)32-24(33)18-6-4-5-7-19(18)26(29,30)31/h4-14,34H,1-3H3. The lowest BCUT2D eigenvalue weighted by Crippen LogP contribution is -2.15. The molecule has 0 bridgehead atoms. The molecule has 3 nitrogen and oxygen atoms in total. The highest BCUT2D eigenvalue weighted by Gasteiger charge is 2.35. The summed E-state index contributed by atoms with van der Waals surface area (Å²) in [6, 6.07) is 14.6. The maximum Gasteiger partial charge on any atom is 0.417 e. The van der Waals surface area contributed by atoms with Crippen LogP contribution in [0.3, 0.4) is 0 Å². The number of hydrogen-bond acceptors (Lipinski definition) is 2. The molecule has 1 aromatic heterocycles. The van der Waals surface area contributed by atoms with E-state index >= 15 is 0 Å². The van der Waals surface area contributed by atoms with E-state index in [9.17, 15) is 22.7 Å². The van der Waals surface area contributed by atoms with Gasteiger partial charge in [-0.2, -0.15) is 13.2 Å². The Morgan fingerprint density at radius 3 is 2.21 bits per heavy atom. The summed E-state index contributed by atoms with van der Waals surface area (Å²) >= 11 is 6.32. The van der Waals surface area contributed by atoms with Gasteiger partial charge in [-0.3, -0.25) is 4.57 Å². The van der Waals surface area contributed by atoms with Crippen molar-refractivity contribution in [2.45, 2.75) is 32.5 Å². The number of hydrogen-bond donors (Lipinski definition) is 1. The minimum absolute atomic E-state index is 0.0255. The molecule has 0 atom stereocenters. The Bertz CT molecular complexity index is 1350. The van der Waals surface area contributed by atoms with Crippen molar-refractivity contribution in [1.82, 2.24) is 9.55 Å². The summed E-state index contributed by atoms with van der Waals surface area (Å²) in [7, 11) is 0. The van der Waals surface area contributed by atoms with E-state index in [1.807, 2.05) is 0 Å². The lowest BCUT2D eigenvalue weighted by molar-refractivity contribution is -0.137. The van der Waals surface area contributed by atoms with E-state index in [1.54, 1.807) is 37.3 Å². The minimum Gasteiger partial charge on any atom is -0.384 e. The van der Waals surface area contributed by atoms with Crippen molar-refractivity contribution in [2.24, 2.45) is 0 Å². The molecule has 4 aromatic rings. The molecule has 3 aromatic carbocycles. The van der Waals surface area contributed by atoms with Crippen molar-refractivity contribution in [2.75, 3.05) is 0 Å². The van der Waals surface area contributed by atoms with Gasteiger partial charge in [-0.1, -0.05) is 48.0 Å². The lowest BCUT2D eigenvalue weighted by Gasteiger charge is -2.15. The average Bonchev–Trinajstić information content (AvgIpc) is 3.22. The monoisotopic (exact) mass is 488 g/mol. The van der Waals surface area contributed by atoms with Crippen molar-refractivity contribution in [3.8, 4) is 28.2 Å². The van der Waals surface area contributed by atoms with Crippen molar-refractivity contribution >= 4 is 11.6 Å². The van der Waals surface area contributed by atoms with Crippen LogP contribution < -0.4 is 0 Å². The Kier molecular flexibility index (Phi) is 6.04. The minimum atomic E-state index is -4.59. The van der Waals surface area contributed by atoms with Gasteiger partial charge >= 0.3 is 6.18 Å². The number of nitrogens with zero attached hydrogens (tertiary/aromatic N) is 2. The third-order valence-electron chi connectivity index (χ3n) is 5.52. The van der Waals surface area contributed by atoms with Gasteiger partial charge in [0, 0.05) is 23.0 Å². The predicted molar refractivity (Wildman–Crippen MR) is 124 cm³/mol. The van der Waals surface area contributed by atoms with E-state index in [0.29, 0.717) is 16.3 Å². The summed E-state index contributed by atoms with van der Waals surface area (Å²) in [6.07, 6.45) is -3.09. The Labute approximate surface area is 199 Å². The molecule has 176 valence electrons. The number of aliphatic hydroxyl groups is 1. The van der Waals surface area contributed by atoms with Gasteiger partial charge in [0.25, 0.3) is 0 Å². The number of rotatable bonds is 4. The topological polar surface area (TPSA) is 38.0 Å². The van der Waals surface area contributed by atoms with Gasteiger partial charge in [0.15, 0.2) is 0 Å². The second-order valence-corrected chi connectivity index (χ2v) is 8.90. The maximum atomic E-state index is 14.5. The second-order valence-electron chi connectivity index (χ2n) is 8.52. The van der Waals surface area contributed by atoms with Crippen LogP contribution in [0.4, 0.5) is 17.6 Å². The first kappa shape index (κ1) is 24.0. The van der Waals surface area contributed by atoms with E-state index in [4.69, 9.17) is 11.6 Å².